The lowest BCUT2D eigenvalue weighted by molar-refractivity contribution is 0.177. The normalized spacial score (nSPS) is 15.4. The Morgan fingerprint density at radius 3 is 2.32 bits per heavy atom. The third kappa shape index (κ3) is 5.30. The van der Waals surface area contributed by atoms with E-state index in [4.69, 9.17) is 0 Å². The van der Waals surface area contributed by atoms with Crippen LogP contribution >= 0.6 is 0 Å². The summed E-state index contributed by atoms with van der Waals surface area (Å²) >= 11 is 0. The molecule has 0 heterocycles. The Morgan fingerprint density at radius 2 is 1.79 bits per heavy atom. The van der Waals surface area contributed by atoms with Gasteiger partial charge in [-0.05, 0) is 24.8 Å². The molecule has 0 bridgehead atoms. The molecule has 0 aromatic heterocycles. The number of sulfonamides is 1. The van der Waals surface area contributed by atoms with Crippen molar-refractivity contribution in [1.82, 2.24) is 4.31 Å². The van der Waals surface area contributed by atoms with Crippen molar-refractivity contribution in [2.24, 2.45) is 0 Å². The van der Waals surface area contributed by atoms with E-state index in [1.54, 1.807) is 14.0 Å². The van der Waals surface area contributed by atoms with Gasteiger partial charge < -0.3 is 5.11 Å². The first kappa shape index (κ1) is 16.1. The Hall–Kier alpha value is -0.910. The average molecular weight is 285 g/mol. The molecule has 0 radical (unpaired) electrons. The summed E-state index contributed by atoms with van der Waals surface area (Å²) in [6, 6.07) is 9.62. The molecule has 1 aromatic carbocycles. The molecule has 0 aliphatic carbocycles. The van der Waals surface area contributed by atoms with Crippen LogP contribution in [-0.4, -0.2) is 43.3 Å². The molecule has 0 saturated heterocycles. The van der Waals surface area contributed by atoms with Crippen molar-refractivity contribution in [2.75, 3.05) is 19.3 Å². The quantitative estimate of drug-likeness (QED) is 0.831. The highest BCUT2D eigenvalue weighted by Gasteiger charge is 2.22. The maximum absolute atomic E-state index is 12.2. The fourth-order valence-corrected chi connectivity index (χ4v) is 3.29. The van der Waals surface area contributed by atoms with Gasteiger partial charge in [0, 0.05) is 13.6 Å². The zero-order chi connectivity index (χ0) is 14.5. The van der Waals surface area contributed by atoms with E-state index < -0.39 is 16.1 Å². The molecule has 1 rings (SSSR count). The number of aliphatic hydroxyl groups excluding tert-OH is 1. The predicted molar refractivity (Wildman–Crippen MR) is 77.6 cm³/mol. The van der Waals surface area contributed by atoms with E-state index in [1.807, 2.05) is 37.3 Å². The second-order valence-electron chi connectivity index (χ2n) is 5.05. The molecule has 0 aliphatic heterocycles. The third-order valence-corrected chi connectivity index (χ3v) is 5.22. The molecule has 4 nitrogen and oxygen atoms in total. The van der Waals surface area contributed by atoms with E-state index in [-0.39, 0.29) is 11.7 Å². The summed E-state index contributed by atoms with van der Waals surface area (Å²) in [6.07, 6.45) is -0.0284. The predicted octanol–water partition coefficient (Wildman–Crippen LogP) is 1.82. The van der Waals surface area contributed by atoms with Crippen LogP contribution < -0.4 is 0 Å². The molecule has 0 aliphatic rings. The Morgan fingerprint density at radius 1 is 1.21 bits per heavy atom. The lowest BCUT2D eigenvalue weighted by Crippen LogP contribution is -2.33. The highest BCUT2D eigenvalue weighted by Crippen LogP contribution is 2.18. The number of hydrogen-bond acceptors (Lipinski definition) is 3. The van der Waals surface area contributed by atoms with Gasteiger partial charge in [-0.3, -0.25) is 0 Å². The highest BCUT2D eigenvalue weighted by atomic mass is 32.2. The lowest BCUT2D eigenvalue weighted by Gasteiger charge is -2.20. The fraction of sp³-hybridized carbons (Fsp3) is 0.571. The fourth-order valence-electron chi connectivity index (χ4n) is 1.83. The topological polar surface area (TPSA) is 57.6 Å². The Labute approximate surface area is 116 Å². The van der Waals surface area contributed by atoms with E-state index >= 15 is 0 Å². The van der Waals surface area contributed by atoms with Crippen LogP contribution in [-0.2, 0) is 10.0 Å². The van der Waals surface area contributed by atoms with Gasteiger partial charge in [0.1, 0.15) is 0 Å². The number of nitrogens with zero attached hydrogens (tertiary/aromatic N) is 1. The summed E-state index contributed by atoms with van der Waals surface area (Å²) in [6.45, 7) is 3.92. The number of rotatable bonds is 7. The standard InChI is InChI=1S/C14H23NO3S/c1-12(14-7-5-4-6-8-14)11-19(17,18)15(3)10-9-13(2)16/h4-8,12-13,16H,9-11H2,1-3H3. The Kier molecular flexibility index (Phi) is 5.97. The molecule has 1 N–H and O–H groups in total. The van der Waals surface area contributed by atoms with Crippen LogP contribution in [0.25, 0.3) is 0 Å². The van der Waals surface area contributed by atoms with Crippen LogP contribution in [0.15, 0.2) is 30.3 Å². The van der Waals surface area contributed by atoms with Gasteiger partial charge in [0.05, 0.1) is 11.9 Å². The van der Waals surface area contributed by atoms with Crippen molar-refractivity contribution in [3.63, 3.8) is 0 Å². The van der Waals surface area contributed by atoms with Gasteiger partial charge in [0.15, 0.2) is 0 Å². The zero-order valence-corrected chi connectivity index (χ0v) is 12.6. The summed E-state index contributed by atoms with van der Waals surface area (Å²) in [5.41, 5.74) is 1.02. The van der Waals surface area contributed by atoms with Crippen molar-refractivity contribution in [3.05, 3.63) is 35.9 Å². The largest absolute Gasteiger partial charge is 0.393 e. The minimum atomic E-state index is -3.28. The van der Waals surface area contributed by atoms with Crippen molar-refractivity contribution in [1.29, 1.82) is 0 Å². The molecule has 0 fully saturated rings. The first-order valence-corrected chi connectivity index (χ1v) is 8.11. The molecule has 108 valence electrons. The van der Waals surface area contributed by atoms with Crippen molar-refractivity contribution < 1.29 is 13.5 Å². The first-order chi connectivity index (χ1) is 8.83. The molecule has 1 aromatic rings. The van der Waals surface area contributed by atoms with Gasteiger partial charge in [0.25, 0.3) is 0 Å². The van der Waals surface area contributed by atoms with Gasteiger partial charge in [-0.1, -0.05) is 37.3 Å². The van der Waals surface area contributed by atoms with E-state index in [9.17, 15) is 13.5 Å². The van der Waals surface area contributed by atoms with Crippen LogP contribution in [0.5, 0.6) is 0 Å². The summed E-state index contributed by atoms with van der Waals surface area (Å²) < 4.78 is 25.7. The molecule has 0 amide bonds. The van der Waals surface area contributed by atoms with E-state index in [0.717, 1.165) is 5.56 Å². The molecule has 5 heteroatoms. The van der Waals surface area contributed by atoms with Crippen LogP contribution in [0.4, 0.5) is 0 Å². The average Bonchev–Trinajstić information content (AvgIpc) is 2.36. The maximum Gasteiger partial charge on any atom is 0.214 e. The monoisotopic (exact) mass is 285 g/mol. The molecule has 0 saturated carbocycles. The summed E-state index contributed by atoms with van der Waals surface area (Å²) in [4.78, 5) is 0. The lowest BCUT2D eigenvalue weighted by atomic mass is 10.0. The SMILES string of the molecule is CC(O)CCN(C)S(=O)(=O)CC(C)c1ccccc1. The van der Waals surface area contributed by atoms with Crippen LogP contribution in [0, 0.1) is 0 Å². The van der Waals surface area contributed by atoms with Gasteiger partial charge in [-0.15, -0.1) is 0 Å². The zero-order valence-electron chi connectivity index (χ0n) is 11.8. The van der Waals surface area contributed by atoms with Crippen molar-refractivity contribution in [3.8, 4) is 0 Å². The van der Waals surface area contributed by atoms with E-state index in [1.165, 1.54) is 4.31 Å². The third-order valence-electron chi connectivity index (χ3n) is 3.17. The van der Waals surface area contributed by atoms with Gasteiger partial charge in [-0.2, -0.15) is 0 Å². The number of hydrogen-bond donors (Lipinski definition) is 1. The van der Waals surface area contributed by atoms with Crippen molar-refractivity contribution in [2.45, 2.75) is 32.3 Å². The Balaban J connectivity index is 2.64. The molecule has 2 atom stereocenters. The van der Waals surface area contributed by atoms with Crippen LogP contribution in [0.3, 0.4) is 0 Å². The van der Waals surface area contributed by atoms with Crippen LogP contribution in [0.2, 0.25) is 0 Å². The second kappa shape index (κ2) is 7.03. The van der Waals surface area contributed by atoms with E-state index in [0.29, 0.717) is 13.0 Å². The number of aliphatic hydroxyl groups is 1. The number of benzene rings is 1. The molecule has 2 unspecified atom stereocenters. The van der Waals surface area contributed by atoms with Gasteiger partial charge in [0.2, 0.25) is 10.0 Å². The van der Waals surface area contributed by atoms with Crippen LogP contribution in [0.1, 0.15) is 31.7 Å². The maximum atomic E-state index is 12.2. The molecular weight excluding hydrogens is 262 g/mol. The summed E-state index contributed by atoms with van der Waals surface area (Å²) in [5.74, 6) is 0.0491. The minimum Gasteiger partial charge on any atom is -0.393 e. The van der Waals surface area contributed by atoms with Gasteiger partial charge in [-0.25, -0.2) is 12.7 Å². The van der Waals surface area contributed by atoms with E-state index in [2.05, 4.69) is 0 Å². The Bertz CT molecular complexity index is 471. The molecule has 0 spiro atoms. The first-order valence-electron chi connectivity index (χ1n) is 6.50. The summed E-state index contributed by atoms with van der Waals surface area (Å²) in [7, 11) is -1.72. The van der Waals surface area contributed by atoms with Gasteiger partial charge >= 0.3 is 0 Å². The van der Waals surface area contributed by atoms with Crippen molar-refractivity contribution >= 4 is 10.0 Å². The summed E-state index contributed by atoms with van der Waals surface area (Å²) in [5, 5.41) is 9.21. The minimum absolute atomic E-state index is 0.0415. The smallest absolute Gasteiger partial charge is 0.214 e. The molecular formula is C14H23NO3S. The highest BCUT2D eigenvalue weighted by molar-refractivity contribution is 7.89. The second-order valence-corrected chi connectivity index (χ2v) is 7.17. The molecule has 19 heavy (non-hydrogen) atoms.